The SMILES string of the molecule is CCCCC(CC)Cc1ccs[c]1[Sn]([CH3])([CH3])[CH3]. The van der Waals surface area contributed by atoms with Gasteiger partial charge in [0.1, 0.15) is 0 Å². The molecule has 1 aromatic rings. The zero-order valence-corrected chi connectivity index (χ0v) is 15.8. The molecule has 98 valence electrons. The van der Waals surface area contributed by atoms with E-state index < -0.39 is 18.4 Å². The molecule has 0 bridgehead atoms. The molecule has 0 amide bonds. The van der Waals surface area contributed by atoms with E-state index in [4.69, 9.17) is 0 Å². The first-order valence-corrected chi connectivity index (χ1v) is 17.9. The first kappa shape index (κ1) is 15.6. The summed E-state index contributed by atoms with van der Waals surface area (Å²) in [6.07, 6.45) is 6.84. The predicted octanol–water partition coefficient (Wildman–Crippen LogP) is 5.05. The first-order chi connectivity index (χ1) is 7.99. The Balaban J connectivity index is 2.70. The summed E-state index contributed by atoms with van der Waals surface area (Å²) in [5.41, 5.74) is 1.70. The van der Waals surface area contributed by atoms with Crippen LogP contribution < -0.4 is 2.89 Å². The van der Waals surface area contributed by atoms with Crippen molar-refractivity contribution in [2.24, 2.45) is 5.92 Å². The normalized spacial score (nSPS) is 13.9. The van der Waals surface area contributed by atoms with Gasteiger partial charge in [-0.3, -0.25) is 0 Å². The fraction of sp³-hybridized carbons (Fsp3) is 0.733. The molecular formula is C15H28SSn. The van der Waals surface area contributed by atoms with E-state index in [-0.39, 0.29) is 0 Å². The third-order valence-electron chi connectivity index (χ3n) is 3.48. The first-order valence-electron chi connectivity index (χ1n) is 7.05. The third kappa shape index (κ3) is 4.94. The molecule has 0 nitrogen and oxygen atoms in total. The molecule has 1 heterocycles. The summed E-state index contributed by atoms with van der Waals surface area (Å²) in [4.78, 5) is 7.62. The minimum absolute atomic E-state index is 0.914. The van der Waals surface area contributed by atoms with Gasteiger partial charge in [-0.2, -0.15) is 0 Å². The van der Waals surface area contributed by atoms with Gasteiger partial charge in [-0.25, -0.2) is 0 Å². The fourth-order valence-electron chi connectivity index (χ4n) is 2.41. The zero-order valence-electron chi connectivity index (χ0n) is 12.2. The van der Waals surface area contributed by atoms with E-state index >= 15 is 0 Å². The Morgan fingerprint density at radius 2 is 1.94 bits per heavy atom. The number of thiophene rings is 1. The van der Waals surface area contributed by atoms with E-state index in [2.05, 4.69) is 40.1 Å². The second kappa shape index (κ2) is 7.18. The zero-order chi connectivity index (χ0) is 12.9. The summed E-state index contributed by atoms with van der Waals surface area (Å²) in [7, 11) is 0. The minimum atomic E-state index is -1.85. The van der Waals surface area contributed by atoms with E-state index in [1.807, 2.05) is 11.3 Å². The van der Waals surface area contributed by atoms with Crippen LogP contribution in [0.3, 0.4) is 0 Å². The Bertz CT molecular complexity index is 322. The van der Waals surface area contributed by atoms with Crippen molar-refractivity contribution >= 4 is 32.6 Å². The van der Waals surface area contributed by atoms with Crippen molar-refractivity contribution in [3.8, 4) is 0 Å². The Hall–Kier alpha value is 0.499. The molecule has 1 aromatic heterocycles. The number of hydrogen-bond donors (Lipinski definition) is 0. The van der Waals surface area contributed by atoms with Crippen molar-refractivity contribution < 1.29 is 0 Å². The van der Waals surface area contributed by atoms with Crippen LogP contribution in [0, 0.1) is 5.92 Å². The van der Waals surface area contributed by atoms with E-state index in [1.165, 1.54) is 32.1 Å². The quantitative estimate of drug-likeness (QED) is 0.598. The van der Waals surface area contributed by atoms with Crippen molar-refractivity contribution in [3.63, 3.8) is 0 Å². The van der Waals surface area contributed by atoms with E-state index in [1.54, 1.807) is 8.46 Å². The van der Waals surface area contributed by atoms with Crippen molar-refractivity contribution in [1.29, 1.82) is 0 Å². The van der Waals surface area contributed by atoms with Crippen LogP contribution in [0.2, 0.25) is 14.8 Å². The molecule has 1 atom stereocenters. The molecule has 0 fully saturated rings. The summed E-state index contributed by atoms with van der Waals surface area (Å²) in [5, 5.41) is 2.32. The molecule has 17 heavy (non-hydrogen) atoms. The van der Waals surface area contributed by atoms with Crippen LogP contribution >= 0.6 is 11.3 Å². The molecule has 0 saturated carbocycles. The van der Waals surface area contributed by atoms with Crippen LogP contribution in [0.4, 0.5) is 0 Å². The molecule has 0 aliphatic heterocycles. The summed E-state index contributed by atoms with van der Waals surface area (Å²) < 4.78 is 1.80. The molecule has 0 aliphatic rings. The third-order valence-corrected chi connectivity index (χ3v) is 14.2. The second-order valence-electron chi connectivity index (χ2n) is 6.15. The maximum atomic E-state index is 2.54. The van der Waals surface area contributed by atoms with Crippen LogP contribution in [-0.2, 0) is 6.42 Å². The van der Waals surface area contributed by atoms with Crippen molar-refractivity contribution in [1.82, 2.24) is 0 Å². The van der Waals surface area contributed by atoms with Crippen LogP contribution in [0.1, 0.15) is 45.1 Å². The summed E-state index contributed by atoms with van der Waals surface area (Å²) in [6, 6.07) is 2.40. The Morgan fingerprint density at radius 3 is 2.47 bits per heavy atom. The second-order valence-corrected chi connectivity index (χ2v) is 22.4. The molecule has 2 heteroatoms. The van der Waals surface area contributed by atoms with Crippen molar-refractivity contribution in [2.45, 2.75) is 60.8 Å². The van der Waals surface area contributed by atoms with Gasteiger partial charge in [-0.15, -0.1) is 0 Å². The van der Waals surface area contributed by atoms with Gasteiger partial charge >= 0.3 is 116 Å². The summed E-state index contributed by atoms with van der Waals surface area (Å²) in [5.74, 6) is 0.914. The van der Waals surface area contributed by atoms with Gasteiger partial charge in [-0.05, 0) is 0 Å². The summed E-state index contributed by atoms with van der Waals surface area (Å²) in [6.45, 7) is 4.65. The Morgan fingerprint density at radius 1 is 1.24 bits per heavy atom. The van der Waals surface area contributed by atoms with Gasteiger partial charge in [0.25, 0.3) is 0 Å². The maximum absolute atomic E-state index is 2.54. The standard InChI is InChI=1S/C12H19S.3CH3.Sn/c1-3-5-6-11(4-2)9-12-7-8-13-10-12;;;;/h7-8,11H,3-6,9H2,1-2H3;3*1H3;. The Kier molecular flexibility index (Phi) is 6.57. The van der Waals surface area contributed by atoms with E-state index in [0.29, 0.717) is 0 Å². The molecule has 0 aliphatic carbocycles. The van der Waals surface area contributed by atoms with Crippen molar-refractivity contribution in [2.75, 3.05) is 0 Å². The van der Waals surface area contributed by atoms with Gasteiger partial charge < -0.3 is 0 Å². The average molecular weight is 359 g/mol. The van der Waals surface area contributed by atoms with Gasteiger partial charge in [0.05, 0.1) is 0 Å². The van der Waals surface area contributed by atoms with Crippen LogP contribution in [0.25, 0.3) is 0 Å². The number of rotatable bonds is 7. The predicted molar refractivity (Wildman–Crippen MR) is 84.3 cm³/mol. The van der Waals surface area contributed by atoms with Gasteiger partial charge in [-0.1, -0.05) is 0 Å². The van der Waals surface area contributed by atoms with E-state index in [0.717, 1.165) is 5.92 Å². The monoisotopic (exact) mass is 360 g/mol. The van der Waals surface area contributed by atoms with Crippen LogP contribution in [0.5, 0.6) is 0 Å². The molecule has 1 unspecified atom stereocenters. The van der Waals surface area contributed by atoms with E-state index in [9.17, 15) is 0 Å². The molecule has 0 radical (unpaired) electrons. The topological polar surface area (TPSA) is 0 Å². The van der Waals surface area contributed by atoms with Crippen LogP contribution in [-0.4, -0.2) is 18.4 Å². The van der Waals surface area contributed by atoms with Crippen molar-refractivity contribution in [3.05, 3.63) is 17.0 Å². The van der Waals surface area contributed by atoms with Gasteiger partial charge in [0.2, 0.25) is 0 Å². The van der Waals surface area contributed by atoms with Crippen LogP contribution in [0.15, 0.2) is 11.4 Å². The molecule has 0 aromatic carbocycles. The summed E-state index contributed by atoms with van der Waals surface area (Å²) >= 11 is 0.176. The van der Waals surface area contributed by atoms with Gasteiger partial charge in [0.15, 0.2) is 0 Å². The van der Waals surface area contributed by atoms with Gasteiger partial charge in [0, 0.05) is 0 Å². The number of unbranched alkanes of at least 4 members (excludes halogenated alkanes) is 1. The number of hydrogen-bond acceptors (Lipinski definition) is 1. The average Bonchev–Trinajstić information content (AvgIpc) is 2.71. The molecular weight excluding hydrogens is 331 g/mol. The fourth-order valence-corrected chi connectivity index (χ4v) is 10.3. The molecule has 0 N–H and O–H groups in total. The Labute approximate surface area is 116 Å². The molecule has 0 saturated heterocycles. The molecule has 1 rings (SSSR count). The molecule has 0 spiro atoms.